The lowest BCUT2D eigenvalue weighted by atomic mass is 9.91. The summed E-state index contributed by atoms with van der Waals surface area (Å²) in [7, 11) is 4.82. The molecule has 1 aliphatic carbocycles. The Balaban J connectivity index is 1.55. The highest BCUT2D eigenvalue weighted by atomic mass is 16.5. The van der Waals surface area contributed by atoms with Crippen LogP contribution >= 0.6 is 0 Å². The van der Waals surface area contributed by atoms with Gasteiger partial charge in [0.15, 0.2) is 0 Å². The van der Waals surface area contributed by atoms with E-state index < -0.39 is 0 Å². The molecule has 0 fully saturated rings. The van der Waals surface area contributed by atoms with Crippen LogP contribution in [0.25, 0.3) is 10.9 Å². The van der Waals surface area contributed by atoms with Crippen LogP contribution in [0.5, 0.6) is 17.2 Å². The van der Waals surface area contributed by atoms with Crippen LogP contribution < -0.4 is 19.5 Å². The first kappa shape index (κ1) is 18.2. The molecule has 1 aliphatic rings. The number of nitrogens with one attached hydrogen (secondary N) is 2. The van der Waals surface area contributed by atoms with Crippen molar-refractivity contribution < 1.29 is 19.0 Å². The predicted molar refractivity (Wildman–Crippen MR) is 108 cm³/mol. The second-order valence-corrected chi connectivity index (χ2v) is 7.01. The Morgan fingerprint density at radius 3 is 2.39 bits per heavy atom. The minimum absolute atomic E-state index is 0.0717. The van der Waals surface area contributed by atoms with Crippen LogP contribution in [-0.4, -0.2) is 38.3 Å². The SMILES string of the molecule is COc1cc(OC)cc(C(=O)NC2CCc3[nH]c4ccc(OC)cc4c3C2)c1. The van der Waals surface area contributed by atoms with Crippen molar-refractivity contribution in [3.63, 3.8) is 0 Å². The molecule has 4 rings (SSSR count). The molecule has 2 N–H and O–H groups in total. The zero-order valence-corrected chi connectivity index (χ0v) is 16.3. The summed E-state index contributed by atoms with van der Waals surface area (Å²) in [6.07, 6.45) is 2.58. The first-order valence-electron chi connectivity index (χ1n) is 9.32. The van der Waals surface area contributed by atoms with Gasteiger partial charge in [0.2, 0.25) is 0 Å². The molecule has 1 heterocycles. The summed E-state index contributed by atoms with van der Waals surface area (Å²) in [5.74, 6) is 1.91. The number of aromatic nitrogens is 1. The number of hydrogen-bond acceptors (Lipinski definition) is 4. The van der Waals surface area contributed by atoms with Crippen molar-refractivity contribution in [1.82, 2.24) is 10.3 Å². The number of hydrogen-bond donors (Lipinski definition) is 2. The fourth-order valence-electron chi connectivity index (χ4n) is 3.85. The summed E-state index contributed by atoms with van der Waals surface area (Å²) in [6.45, 7) is 0. The van der Waals surface area contributed by atoms with Crippen molar-refractivity contribution in [3.05, 3.63) is 53.2 Å². The third-order valence-electron chi connectivity index (χ3n) is 5.34. The molecule has 1 amide bonds. The van der Waals surface area contributed by atoms with E-state index in [0.717, 1.165) is 35.9 Å². The average molecular weight is 380 g/mol. The van der Waals surface area contributed by atoms with Crippen LogP contribution in [0.3, 0.4) is 0 Å². The van der Waals surface area contributed by atoms with Gasteiger partial charge in [0.05, 0.1) is 21.3 Å². The van der Waals surface area contributed by atoms with Crippen molar-refractivity contribution in [2.45, 2.75) is 25.3 Å². The molecule has 0 spiro atoms. The van der Waals surface area contributed by atoms with Crippen LogP contribution in [0.2, 0.25) is 0 Å². The van der Waals surface area contributed by atoms with Gasteiger partial charge in [-0.15, -0.1) is 0 Å². The molecule has 2 aromatic carbocycles. The Morgan fingerprint density at radius 1 is 1.00 bits per heavy atom. The molecule has 6 heteroatoms. The monoisotopic (exact) mass is 380 g/mol. The Kier molecular flexibility index (Phi) is 4.86. The highest BCUT2D eigenvalue weighted by Gasteiger charge is 2.24. The number of H-pyrrole nitrogens is 1. The van der Waals surface area contributed by atoms with E-state index in [1.165, 1.54) is 11.3 Å². The molecular weight excluding hydrogens is 356 g/mol. The van der Waals surface area contributed by atoms with E-state index >= 15 is 0 Å². The van der Waals surface area contributed by atoms with Gasteiger partial charge in [-0.3, -0.25) is 4.79 Å². The molecule has 28 heavy (non-hydrogen) atoms. The third-order valence-corrected chi connectivity index (χ3v) is 5.34. The number of aromatic amines is 1. The highest BCUT2D eigenvalue weighted by molar-refractivity contribution is 5.95. The Morgan fingerprint density at radius 2 is 1.71 bits per heavy atom. The molecule has 0 aliphatic heterocycles. The molecule has 146 valence electrons. The van der Waals surface area contributed by atoms with E-state index in [2.05, 4.69) is 16.4 Å². The lowest BCUT2D eigenvalue weighted by Gasteiger charge is -2.24. The van der Waals surface area contributed by atoms with E-state index in [4.69, 9.17) is 14.2 Å². The molecule has 0 bridgehead atoms. The van der Waals surface area contributed by atoms with Crippen molar-refractivity contribution in [2.24, 2.45) is 0 Å². The van der Waals surface area contributed by atoms with Gasteiger partial charge in [-0.2, -0.15) is 0 Å². The van der Waals surface area contributed by atoms with E-state index in [1.807, 2.05) is 12.1 Å². The number of aryl methyl sites for hydroxylation is 1. The smallest absolute Gasteiger partial charge is 0.251 e. The van der Waals surface area contributed by atoms with Gasteiger partial charge >= 0.3 is 0 Å². The summed E-state index contributed by atoms with van der Waals surface area (Å²) in [4.78, 5) is 16.3. The van der Waals surface area contributed by atoms with Gasteiger partial charge < -0.3 is 24.5 Å². The topological polar surface area (TPSA) is 72.6 Å². The van der Waals surface area contributed by atoms with Gasteiger partial charge in [-0.1, -0.05) is 0 Å². The summed E-state index contributed by atoms with van der Waals surface area (Å²) >= 11 is 0. The number of ether oxygens (including phenoxy) is 3. The molecule has 6 nitrogen and oxygen atoms in total. The van der Waals surface area contributed by atoms with Crippen LogP contribution in [0.1, 0.15) is 28.0 Å². The van der Waals surface area contributed by atoms with Crippen molar-refractivity contribution in [3.8, 4) is 17.2 Å². The van der Waals surface area contributed by atoms with E-state index in [1.54, 1.807) is 39.5 Å². The second kappa shape index (κ2) is 7.46. The van der Waals surface area contributed by atoms with Crippen molar-refractivity contribution >= 4 is 16.8 Å². The largest absolute Gasteiger partial charge is 0.497 e. The first-order chi connectivity index (χ1) is 13.6. The van der Waals surface area contributed by atoms with Gasteiger partial charge in [0.1, 0.15) is 17.2 Å². The van der Waals surface area contributed by atoms with E-state index in [9.17, 15) is 4.79 Å². The molecule has 0 radical (unpaired) electrons. The molecule has 1 unspecified atom stereocenters. The van der Waals surface area contributed by atoms with Crippen LogP contribution in [0.15, 0.2) is 36.4 Å². The maximum Gasteiger partial charge on any atom is 0.251 e. The highest BCUT2D eigenvalue weighted by Crippen LogP contribution is 2.32. The standard InChI is InChI=1S/C22H24N2O4/c1-26-15-5-7-21-19(12-15)18-10-14(4-6-20(18)24-21)23-22(25)13-8-16(27-2)11-17(9-13)28-3/h5,7-9,11-12,14,24H,4,6,10H2,1-3H3,(H,23,25). The Hall–Kier alpha value is -3.15. The van der Waals surface area contributed by atoms with Crippen molar-refractivity contribution in [2.75, 3.05) is 21.3 Å². The minimum atomic E-state index is -0.122. The summed E-state index contributed by atoms with van der Waals surface area (Å²) in [5.41, 5.74) is 4.14. The van der Waals surface area contributed by atoms with Gasteiger partial charge in [-0.05, 0) is 55.2 Å². The van der Waals surface area contributed by atoms with E-state index in [0.29, 0.717) is 17.1 Å². The summed E-state index contributed by atoms with van der Waals surface area (Å²) in [5, 5.41) is 4.33. The maximum absolute atomic E-state index is 12.8. The van der Waals surface area contributed by atoms with Crippen LogP contribution in [0, 0.1) is 0 Å². The number of rotatable bonds is 5. The number of carbonyl (C=O) groups is 1. The summed E-state index contributed by atoms with van der Waals surface area (Å²) in [6, 6.07) is 11.3. The van der Waals surface area contributed by atoms with Crippen LogP contribution in [-0.2, 0) is 12.8 Å². The number of methoxy groups -OCH3 is 3. The third kappa shape index (κ3) is 3.38. The molecule has 1 atom stereocenters. The quantitative estimate of drug-likeness (QED) is 0.711. The van der Waals surface area contributed by atoms with Crippen LogP contribution in [0.4, 0.5) is 0 Å². The van der Waals surface area contributed by atoms with Crippen molar-refractivity contribution in [1.29, 1.82) is 0 Å². The number of fused-ring (bicyclic) bond motifs is 3. The minimum Gasteiger partial charge on any atom is -0.497 e. The molecular formula is C22H24N2O4. The first-order valence-corrected chi connectivity index (χ1v) is 9.32. The molecule has 0 saturated carbocycles. The lowest BCUT2D eigenvalue weighted by molar-refractivity contribution is 0.0933. The molecule has 1 aromatic heterocycles. The lowest BCUT2D eigenvalue weighted by Crippen LogP contribution is -2.38. The zero-order chi connectivity index (χ0) is 19.7. The Bertz CT molecular complexity index is 1000. The Labute approximate surface area is 163 Å². The van der Waals surface area contributed by atoms with E-state index in [-0.39, 0.29) is 11.9 Å². The maximum atomic E-state index is 12.8. The predicted octanol–water partition coefficient (Wildman–Crippen LogP) is 3.48. The number of amides is 1. The van der Waals surface area contributed by atoms with Gasteiger partial charge in [-0.25, -0.2) is 0 Å². The molecule has 0 saturated heterocycles. The fraction of sp³-hybridized carbons (Fsp3) is 0.318. The van der Waals surface area contributed by atoms with Gasteiger partial charge in [0.25, 0.3) is 5.91 Å². The second-order valence-electron chi connectivity index (χ2n) is 7.01. The fourth-order valence-corrected chi connectivity index (χ4v) is 3.85. The molecule has 3 aromatic rings. The average Bonchev–Trinajstić information content (AvgIpc) is 3.10. The zero-order valence-electron chi connectivity index (χ0n) is 16.3. The number of benzene rings is 2. The normalized spacial score (nSPS) is 15.8. The van der Waals surface area contributed by atoms with Gasteiger partial charge in [0, 0.05) is 34.3 Å². The summed E-state index contributed by atoms with van der Waals surface area (Å²) < 4.78 is 15.9. The number of carbonyl (C=O) groups excluding carboxylic acids is 1.